The number of halogens is 1. The summed E-state index contributed by atoms with van der Waals surface area (Å²) < 4.78 is 30.7. The molecule has 9 atom stereocenters. The lowest BCUT2D eigenvalue weighted by atomic mass is 9.54. The second-order valence-corrected chi connectivity index (χ2v) is 15.5. The highest BCUT2D eigenvalue weighted by molar-refractivity contribution is 6.01. The van der Waals surface area contributed by atoms with Crippen molar-refractivity contribution in [3.63, 3.8) is 0 Å². The molecule has 0 aromatic carbocycles. The van der Waals surface area contributed by atoms with E-state index in [1.165, 1.54) is 12.4 Å². The Morgan fingerprint density at radius 2 is 2.06 bits per heavy atom. The molecule has 1 saturated heterocycles. The number of rotatable bonds is 9. The molecule has 2 aromatic rings. The molecule has 0 spiro atoms. The Bertz CT molecular complexity index is 1910. The van der Waals surface area contributed by atoms with Crippen molar-refractivity contribution in [1.29, 1.82) is 5.26 Å². The minimum atomic E-state index is -1.43. The minimum Gasteiger partial charge on any atom is -0.490 e. The van der Waals surface area contributed by atoms with Crippen molar-refractivity contribution >= 4 is 22.9 Å². The Balaban J connectivity index is 0.919. The Hall–Kier alpha value is -4.18. The van der Waals surface area contributed by atoms with Crippen molar-refractivity contribution in [3.8, 4) is 6.07 Å². The second kappa shape index (κ2) is 14.0. The van der Waals surface area contributed by atoms with E-state index in [0.29, 0.717) is 42.1 Å². The number of hydrogen-bond donors (Lipinski definition) is 3. The predicted molar refractivity (Wildman–Crippen MR) is 188 cm³/mol. The number of Topliss-reactive ketones (excluding diaryl/α,β-unsaturated/α-hetero) is 1. The van der Waals surface area contributed by atoms with Crippen LogP contribution >= 0.6 is 0 Å². The zero-order valence-electron chi connectivity index (χ0n) is 29.3. The molecule has 8 rings (SSSR count). The predicted octanol–water partition coefficient (Wildman–Crippen LogP) is 5.56. The van der Waals surface area contributed by atoms with Crippen LogP contribution in [0.15, 0.2) is 65.9 Å². The van der Waals surface area contributed by atoms with E-state index < -0.39 is 23.5 Å². The number of carbonyl (C=O) groups is 2. The number of hydrogen-bond acceptors (Lipinski definition) is 10. The number of fused-ring (bicyclic) bond motifs is 6. The van der Waals surface area contributed by atoms with Gasteiger partial charge >= 0.3 is 0 Å². The molecule has 0 radical (unpaired) electrons. The quantitative estimate of drug-likeness (QED) is 0.301. The average molecular weight is 712 g/mol. The van der Waals surface area contributed by atoms with E-state index in [1.54, 1.807) is 22.7 Å². The van der Waals surface area contributed by atoms with Crippen molar-refractivity contribution in [3.05, 3.63) is 71.6 Å². The number of anilines is 1. The van der Waals surface area contributed by atoms with Gasteiger partial charge in [0.2, 0.25) is 0 Å². The van der Waals surface area contributed by atoms with Gasteiger partial charge in [-0.3, -0.25) is 9.59 Å². The molecule has 274 valence electrons. The normalized spacial score (nSPS) is 37.6. The summed E-state index contributed by atoms with van der Waals surface area (Å²) >= 11 is 0. The monoisotopic (exact) mass is 711 g/mol. The number of ether oxygens (including phenoxy) is 2. The maximum atomic E-state index is 16.8. The van der Waals surface area contributed by atoms with Gasteiger partial charge < -0.3 is 25.0 Å². The van der Waals surface area contributed by atoms with E-state index in [4.69, 9.17) is 9.47 Å². The number of carbonyl (C=O) groups excluding carboxylic acids is 2. The number of nitriles is 1. The number of ketones is 2. The van der Waals surface area contributed by atoms with Gasteiger partial charge in [0.25, 0.3) is 0 Å². The summed E-state index contributed by atoms with van der Waals surface area (Å²) in [6.07, 6.45) is 16.5. The average Bonchev–Trinajstić information content (AvgIpc) is 3.85. The first-order chi connectivity index (χ1) is 25.2. The first kappa shape index (κ1) is 34.9. The maximum Gasteiger partial charge on any atom is 0.199 e. The molecular weight excluding hydrogens is 665 g/mol. The third kappa shape index (κ3) is 6.10. The smallest absolute Gasteiger partial charge is 0.199 e. The van der Waals surface area contributed by atoms with Crippen LogP contribution in [0.25, 0.3) is 5.52 Å². The van der Waals surface area contributed by atoms with Crippen LogP contribution in [0.5, 0.6) is 0 Å². The van der Waals surface area contributed by atoms with E-state index in [9.17, 15) is 25.1 Å². The Morgan fingerprint density at radius 1 is 1.19 bits per heavy atom. The van der Waals surface area contributed by atoms with Crippen LogP contribution in [0.4, 0.5) is 10.2 Å². The Kier molecular flexibility index (Phi) is 9.39. The van der Waals surface area contributed by atoms with Gasteiger partial charge in [0.15, 0.2) is 23.0 Å². The zero-order valence-corrected chi connectivity index (χ0v) is 29.3. The summed E-state index contributed by atoms with van der Waals surface area (Å²) in [6, 6.07) is 5.80. The van der Waals surface area contributed by atoms with Crippen molar-refractivity contribution < 1.29 is 33.7 Å². The molecule has 3 heterocycles. The number of nitrogens with zero attached hydrogens (tertiary/aromatic N) is 4. The molecule has 4 unspecified atom stereocenters. The lowest BCUT2D eigenvalue weighted by Crippen LogP contribution is -2.52. The summed E-state index contributed by atoms with van der Waals surface area (Å²) in [5, 5.41) is 38.0. The summed E-state index contributed by atoms with van der Waals surface area (Å²) in [5.41, 5.74) is 0.122. The van der Waals surface area contributed by atoms with Gasteiger partial charge in [-0.15, -0.1) is 0 Å². The van der Waals surface area contributed by atoms with E-state index in [-0.39, 0.29) is 67.2 Å². The number of aromatic nitrogens is 3. The highest BCUT2D eigenvalue weighted by Gasteiger charge is 2.59. The first-order valence-corrected chi connectivity index (χ1v) is 18.9. The molecule has 0 bridgehead atoms. The molecule has 1 aliphatic heterocycles. The van der Waals surface area contributed by atoms with Gasteiger partial charge in [0, 0.05) is 37.0 Å². The third-order valence-electron chi connectivity index (χ3n) is 12.7. The number of aliphatic hydroxyl groups is 2. The van der Waals surface area contributed by atoms with Crippen LogP contribution in [0.1, 0.15) is 82.7 Å². The lowest BCUT2D eigenvalue weighted by molar-refractivity contribution is -0.130. The van der Waals surface area contributed by atoms with E-state index in [0.717, 1.165) is 56.2 Å². The molecule has 2 aromatic heterocycles. The highest BCUT2D eigenvalue weighted by Crippen LogP contribution is 2.61. The van der Waals surface area contributed by atoms with E-state index >= 15 is 4.39 Å². The number of allylic oxidation sites excluding steroid dienone is 6. The zero-order chi connectivity index (χ0) is 36.0. The first-order valence-electron chi connectivity index (χ1n) is 18.9. The molecule has 5 aliphatic carbocycles. The molecule has 12 heteroatoms. The third-order valence-corrected chi connectivity index (χ3v) is 12.7. The van der Waals surface area contributed by atoms with Crippen LogP contribution in [0.3, 0.4) is 0 Å². The standard InChI is InChI=1S/C40H46FN5O6/c41-40-16-14-28-29(32(40)10-6-24-18-26(48)7-11-31(24)40)8-9-30(28)35(50)21-51-27-5-3-1-2-4-25(19-27)45-38-33-12-13-37(46(33)44-23-43-38)39(22-42)20-34(49)36(52-39)15-17-47/h4-5,7,11-13,18,23,28-32,34,36,47,49H,1-3,6,8-10,14-17,19-21H2,(H,43,44,45)/b25-4+,27-5-/t28?,29?,30-,31?,32?,34-,36+,39-,40+/m0/s1. The van der Waals surface area contributed by atoms with Crippen LogP contribution in [0, 0.1) is 40.9 Å². The Labute approximate surface area is 302 Å². The van der Waals surface area contributed by atoms with Gasteiger partial charge in [-0.05, 0) is 112 Å². The molecule has 3 N–H and O–H groups in total. The number of aliphatic hydroxyl groups excluding tert-OH is 2. The molecule has 3 saturated carbocycles. The van der Waals surface area contributed by atoms with Crippen molar-refractivity contribution in [2.45, 2.75) is 101 Å². The van der Waals surface area contributed by atoms with Crippen LogP contribution < -0.4 is 5.32 Å². The van der Waals surface area contributed by atoms with Gasteiger partial charge in [-0.1, -0.05) is 17.7 Å². The SMILES string of the molecule is N#C[C@]1(c2ccc3c(N/C4=C/CCC/C=C(\OCC(=O)[C@H]5CCC6C5CC[C@@]5(F)C7C=CC(=O)C=C7CCC65)C4)ncnn23)C[C@H](O)[C@@H](CCO)O1. The van der Waals surface area contributed by atoms with E-state index in [1.807, 2.05) is 6.07 Å². The minimum absolute atomic E-state index is 0.0159. The van der Waals surface area contributed by atoms with Crippen molar-refractivity contribution in [2.24, 2.45) is 29.6 Å². The lowest BCUT2D eigenvalue weighted by Gasteiger charge is -2.52. The summed E-state index contributed by atoms with van der Waals surface area (Å²) in [5.74, 6) is 1.08. The largest absolute Gasteiger partial charge is 0.490 e. The van der Waals surface area contributed by atoms with Crippen molar-refractivity contribution in [2.75, 3.05) is 18.5 Å². The topological polar surface area (TPSA) is 159 Å². The fourth-order valence-electron chi connectivity index (χ4n) is 10.3. The molecule has 4 fully saturated rings. The van der Waals surface area contributed by atoms with Gasteiger partial charge in [0.05, 0.1) is 23.7 Å². The molecular formula is C40H46FN5O6. The molecule has 52 heavy (non-hydrogen) atoms. The number of nitrogens with one attached hydrogen (secondary N) is 1. The van der Waals surface area contributed by atoms with Gasteiger partial charge in [-0.2, -0.15) is 10.4 Å². The van der Waals surface area contributed by atoms with Crippen LogP contribution in [0.2, 0.25) is 0 Å². The van der Waals surface area contributed by atoms with Gasteiger partial charge in [0.1, 0.15) is 30.2 Å². The Morgan fingerprint density at radius 3 is 2.90 bits per heavy atom. The summed E-state index contributed by atoms with van der Waals surface area (Å²) in [6.45, 7) is -0.179. The maximum absolute atomic E-state index is 16.8. The van der Waals surface area contributed by atoms with Crippen molar-refractivity contribution in [1.82, 2.24) is 14.6 Å². The highest BCUT2D eigenvalue weighted by atomic mass is 19.1. The fourth-order valence-corrected chi connectivity index (χ4v) is 10.3. The van der Waals surface area contributed by atoms with Crippen LogP contribution in [-0.4, -0.2) is 67.5 Å². The molecule has 0 amide bonds. The second-order valence-electron chi connectivity index (χ2n) is 15.5. The van der Waals surface area contributed by atoms with Gasteiger partial charge in [-0.25, -0.2) is 13.9 Å². The summed E-state index contributed by atoms with van der Waals surface area (Å²) in [7, 11) is 0. The molecule has 11 nitrogen and oxygen atoms in total. The van der Waals surface area contributed by atoms with E-state index in [2.05, 4.69) is 33.6 Å². The van der Waals surface area contributed by atoms with Crippen LogP contribution in [-0.2, 0) is 24.7 Å². The summed E-state index contributed by atoms with van der Waals surface area (Å²) in [4.78, 5) is 30.2. The fraction of sp³-hybridized carbons (Fsp3) is 0.575. The molecule has 6 aliphatic rings. The number of alkyl halides is 1.